The fourth-order valence-corrected chi connectivity index (χ4v) is 2.26. The highest BCUT2D eigenvalue weighted by molar-refractivity contribution is 5.98. The standard InChI is InChI=1S/C15H24N4O2/c1-2-5-16-7-8-18-15(20)13-4-3-6-17-14(13)19-9-11-21-12-10-19/h3-4,6,16H,2,5,7-12H2,1H3,(H,18,20). The van der Waals surface area contributed by atoms with Gasteiger partial charge in [-0.1, -0.05) is 6.92 Å². The van der Waals surface area contributed by atoms with Crippen LogP contribution in [0.5, 0.6) is 0 Å². The first-order valence-electron chi connectivity index (χ1n) is 7.59. The van der Waals surface area contributed by atoms with Crippen LogP contribution in [-0.4, -0.2) is 56.8 Å². The Morgan fingerprint density at radius 2 is 2.14 bits per heavy atom. The highest BCUT2D eigenvalue weighted by Gasteiger charge is 2.19. The Morgan fingerprint density at radius 3 is 2.90 bits per heavy atom. The monoisotopic (exact) mass is 292 g/mol. The highest BCUT2D eigenvalue weighted by atomic mass is 16.5. The number of anilines is 1. The van der Waals surface area contributed by atoms with E-state index in [1.165, 1.54) is 0 Å². The third-order valence-corrected chi connectivity index (χ3v) is 3.36. The van der Waals surface area contributed by atoms with Crippen LogP contribution in [0.25, 0.3) is 0 Å². The predicted molar refractivity (Wildman–Crippen MR) is 82.8 cm³/mol. The van der Waals surface area contributed by atoms with Gasteiger partial charge in [-0.3, -0.25) is 4.79 Å². The second-order valence-corrected chi connectivity index (χ2v) is 4.98. The van der Waals surface area contributed by atoms with Crippen LogP contribution in [0.1, 0.15) is 23.7 Å². The lowest BCUT2D eigenvalue weighted by molar-refractivity contribution is 0.0952. The molecule has 0 unspecified atom stereocenters. The Morgan fingerprint density at radius 1 is 1.33 bits per heavy atom. The van der Waals surface area contributed by atoms with E-state index in [-0.39, 0.29) is 5.91 Å². The Bertz CT molecular complexity index is 447. The highest BCUT2D eigenvalue weighted by Crippen LogP contribution is 2.18. The molecule has 0 radical (unpaired) electrons. The summed E-state index contributed by atoms with van der Waals surface area (Å²) in [7, 11) is 0. The Labute approximate surface area is 125 Å². The van der Waals surface area contributed by atoms with E-state index in [1.54, 1.807) is 12.3 Å². The average Bonchev–Trinajstić information content (AvgIpc) is 2.55. The first kappa shape index (κ1) is 15.7. The molecule has 1 aromatic heterocycles. The number of pyridine rings is 1. The summed E-state index contributed by atoms with van der Waals surface area (Å²) < 4.78 is 5.35. The third-order valence-electron chi connectivity index (χ3n) is 3.36. The number of ether oxygens (including phenoxy) is 1. The second kappa shape index (κ2) is 8.59. The van der Waals surface area contributed by atoms with Crippen molar-refractivity contribution in [2.24, 2.45) is 0 Å². The molecule has 6 heteroatoms. The van der Waals surface area contributed by atoms with Gasteiger partial charge in [0.1, 0.15) is 5.82 Å². The van der Waals surface area contributed by atoms with Gasteiger partial charge in [0.2, 0.25) is 0 Å². The van der Waals surface area contributed by atoms with E-state index >= 15 is 0 Å². The van der Waals surface area contributed by atoms with Gasteiger partial charge in [-0.2, -0.15) is 0 Å². The summed E-state index contributed by atoms with van der Waals surface area (Å²) in [4.78, 5) is 18.8. The molecule has 116 valence electrons. The molecule has 6 nitrogen and oxygen atoms in total. The van der Waals surface area contributed by atoms with Crippen LogP contribution in [-0.2, 0) is 4.74 Å². The molecule has 2 N–H and O–H groups in total. The van der Waals surface area contributed by atoms with Gasteiger partial charge >= 0.3 is 0 Å². The summed E-state index contributed by atoms with van der Waals surface area (Å²) in [6, 6.07) is 3.63. The van der Waals surface area contributed by atoms with Gasteiger partial charge < -0.3 is 20.3 Å². The molecule has 1 aromatic rings. The van der Waals surface area contributed by atoms with Crippen molar-refractivity contribution in [1.29, 1.82) is 0 Å². The van der Waals surface area contributed by atoms with E-state index in [4.69, 9.17) is 4.74 Å². The fraction of sp³-hybridized carbons (Fsp3) is 0.600. The summed E-state index contributed by atoms with van der Waals surface area (Å²) in [6.45, 7) is 7.41. The number of hydrogen-bond donors (Lipinski definition) is 2. The molecule has 0 atom stereocenters. The predicted octanol–water partition coefficient (Wildman–Crippen LogP) is 0.648. The molecule has 0 aliphatic carbocycles. The first-order valence-corrected chi connectivity index (χ1v) is 7.59. The van der Waals surface area contributed by atoms with Gasteiger partial charge in [0.25, 0.3) is 5.91 Å². The number of hydrogen-bond acceptors (Lipinski definition) is 5. The molecule has 1 saturated heterocycles. The maximum atomic E-state index is 12.3. The van der Waals surface area contributed by atoms with Gasteiger partial charge in [-0.15, -0.1) is 0 Å². The van der Waals surface area contributed by atoms with E-state index < -0.39 is 0 Å². The van der Waals surface area contributed by atoms with Crippen LogP contribution in [0.4, 0.5) is 5.82 Å². The lowest BCUT2D eigenvalue weighted by atomic mass is 10.2. The summed E-state index contributed by atoms with van der Waals surface area (Å²) in [5, 5.41) is 6.20. The van der Waals surface area contributed by atoms with Crippen molar-refractivity contribution in [2.45, 2.75) is 13.3 Å². The van der Waals surface area contributed by atoms with E-state index in [0.29, 0.717) is 25.3 Å². The summed E-state index contributed by atoms with van der Waals surface area (Å²) in [6.07, 6.45) is 2.82. The molecule has 2 rings (SSSR count). The fourth-order valence-electron chi connectivity index (χ4n) is 2.26. The van der Waals surface area contributed by atoms with Crippen molar-refractivity contribution < 1.29 is 9.53 Å². The van der Waals surface area contributed by atoms with E-state index in [2.05, 4.69) is 27.4 Å². The minimum Gasteiger partial charge on any atom is -0.378 e. The summed E-state index contributed by atoms with van der Waals surface area (Å²) in [5.41, 5.74) is 0.634. The zero-order valence-electron chi connectivity index (χ0n) is 12.6. The maximum Gasteiger partial charge on any atom is 0.255 e. The van der Waals surface area contributed by atoms with Gasteiger partial charge in [0.15, 0.2) is 0 Å². The summed E-state index contributed by atoms with van der Waals surface area (Å²) >= 11 is 0. The van der Waals surface area contributed by atoms with Crippen molar-refractivity contribution in [3.05, 3.63) is 23.9 Å². The van der Waals surface area contributed by atoms with Crippen molar-refractivity contribution in [1.82, 2.24) is 15.6 Å². The molecule has 0 bridgehead atoms. The molecule has 0 aromatic carbocycles. The molecule has 1 aliphatic heterocycles. The Hall–Kier alpha value is -1.66. The Balaban J connectivity index is 1.93. The smallest absolute Gasteiger partial charge is 0.255 e. The number of rotatable bonds is 7. The van der Waals surface area contributed by atoms with Gasteiger partial charge in [0, 0.05) is 32.4 Å². The largest absolute Gasteiger partial charge is 0.378 e. The number of nitrogens with zero attached hydrogens (tertiary/aromatic N) is 2. The summed E-state index contributed by atoms with van der Waals surface area (Å²) in [5.74, 6) is 0.683. The molecule has 2 heterocycles. The number of carbonyl (C=O) groups excluding carboxylic acids is 1. The molecule has 21 heavy (non-hydrogen) atoms. The Kier molecular flexibility index (Phi) is 6.43. The van der Waals surface area contributed by atoms with Crippen LogP contribution in [0.2, 0.25) is 0 Å². The number of aromatic nitrogens is 1. The first-order chi connectivity index (χ1) is 10.3. The zero-order valence-corrected chi connectivity index (χ0v) is 12.6. The van der Waals surface area contributed by atoms with Gasteiger partial charge in [-0.05, 0) is 25.1 Å². The third kappa shape index (κ3) is 4.68. The number of carbonyl (C=O) groups is 1. The van der Waals surface area contributed by atoms with Crippen LogP contribution in [0, 0.1) is 0 Å². The topological polar surface area (TPSA) is 66.5 Å². The van der Waals surface area contributed by atoms with Crippen molar-refractivity contribution >= 4 is 11.7 Å². The molecule has 0 spiro atoms. The minimum atomic E-state index is -0.0668. The zero-order chi connectivity index (χ0) is 14.9. The van der Waals surface area contributed by atoms with Crippen molar-refractivity contribution in [3.63, 3.8) is 0 Å². The number of amides is 1. The molecule has 1 fully saturated rings. The lowest BCUT2D eigenvalue weighted by Crippen LogP contribution is -2.39. The molecule has 1 aliphatic rings. The van der Waals surface area contributed by atoms with Crippen LogP contribution >= 0.6 is 0 Å². The van der Waals surface area contributed by atoms with Gasteiger partial charge in [0.05, 0.1) is 18.8 Å². The number of morpholine rings is 1. The second-order valence-electron chi connectivity index (χ2n) is 4.98. The van der Waals surface area contributed by atoms with Crippen LogP contribution < -0.4 is 15.5 Å². The normalized spacial score (nSPS) is 15.0. The van der Waals surface area contributed by atoms with E-state index in [9.17, 15) is 4.79 Å². The van der Waals surface area contributed by atoms with Crippen LogP contribution in [0.3, 0.4) is 0 Å². The molecular weight excluding hydrogens is 268 g/mol. The van der Waals surface area contributed by atoms with E-state index in [0.717, 1.165) is 38.4 Å². The quantitative estimate of drug-likeness (QED) is 0.722. The van der Waals surface area contributed by atoms with Crippen molar-refractivity contribution in [2.75, 3.05) is 50.8 Å². The number of nitrogens with one attached hydrogen (secondary N) is 2. The molecule has 0 saturated carbocycles. The molecular formula is C15H24N4O2. The SMILES string of the molecule is CCCNCCNC(=O)c1cccnc1N1CCOCC1. The maximum absolute atomic E-state index is 12.3. The average molecular weight is 292 g/mol. The van der Waals surface area contributed by atoms with Crippen molar-refractivity contribution in [3.8, 4) is 0 Å². The lowest BCUT2D eigenvalue weighted by Gasteiger charge is -2.29. The molecule has 1 amide bonds. The minimum absolute atomic E-state index is 0.0668. The van der Waals surface area contributed by atoms with Crippen LogP contribution in [0.15, 0.2) is 18.3 Å². The van der Waals surface area contributed by atoms with E-state index in [1.807, 2.05) is 6.07 Å². The van der Waals surface area contributed by atoms with Gasteiger partial charge in [-0.25, -0.2) is 4.98 Å².